The summed E-state index contributed by atoms with van der Waals surface area (Å²) in [6, 6.07) is 2.83. The van der Waals surface area contributed by atoms with E-state index in [-0.39, 0.29) is 11.3 Å². The van der Waals surface area contributed by atoms with Gasteiger partial charge in [-0.3, -0.25) is 4.79 Å². The number of carbonyl (C=O) groups is 1. The molecule has 2 nitrogen and oxygen atoms in total. The molecule has 1 rings (SSSR count). The Hall–Kier alpha value is -0.900. The number of hydrogen-bond acceptors (Lipinski definition) is 2. The topological polar surface area (TPSA) is 29.1 Å². The van der Waals surface area contributed by atoms with Gasteiger partial charge in [0.25, 0.3) is 0 Å². The first kappa shape index (κ1) is 14.1. The molecule has 0 saturated heterocycles. The Labute approximate surface area is 98.0 Å². The number of anilines is 1. The van der Waals surface area contributed by atoms with Crippen LogP contribution in [0.5, 0.6) is 0 Å². The molecule has 0 unspecified atom stereocenters. The van der Waals surface area contributed by atoms with E-state index in [4.69, 9.17) is 0 Å². The molecule has 0 bridgehead atoms. The molecule has 84 valence electrons. The zero-order valence-corrected chi connectivity index (χ0v) is 10.9. The predicted octanol–water partition coefficient (Wildman–Crippen LogP) is 3.86. The normalized spacial score (nSPS) is 8.93. The molecule has 0 aliphatic carbocycles. The highest BCUT2D eigenvalue weighted by atomic mass is 79.9. The maximum absolute atomic E-state index is 13.2. The lowest BCUT2D eigenvalue weighted by Crippen LogP contribution is -2.04. The van der Waals surface area contributed by atoms with E-state index in [1.165, 1.54) is 13.0 Å². The van der Waals surface area contributed by atoms with Crippen LogP contribution in [0.4, 0.5) is 10.1 Å². The molecule has 0 aliphatic rings. The van der Waals surface area contributed by atoms with Crippen molar-refractivity contribution < 1.29 is 9.18 Å². The summed E-state index contributed by atoms with van der Waals surface area (Å²) in [4.78, 5) is 11.1. The molecule has 15 heavy (non-hydrogen) atoms. The first-order valence-corrected chi connectivity index (χ1v) is 5.54. The van der Waals surface area contributed by atoms with E-state index in [9.17, 15) is 9.18 Å². The summed E-state index contributed by atoms with van der Waals surface area (Å²) in [6.07, 6.45) is 0. The summed E-state index contributed by atoms with van der Waals surface area (Å²) in [5.41, 5.74) is 0.587. The first-order chi connectivity index (χ1) is 7.07. The standard InChI is InChI=1S/C9H9BrFNO.C2H6/c1-5(13)8-7(11)4-3-6(10)9(8)12-2;1-2/h3-4,12H,1-2H3;1-2H3. The minimum absolute atomic E-state index is 0.0943. The van der Waals surface area contributed by atoms with Crippen LogP contribution in [-0.2, 0) is 0 Å². The van der Waals surface area contributed by atoms with Crippen LogP contribution < -0.4 is 5.32 Å². The van der Waals surface area contributed by atoms with E-state index in [1.54, 1.807) is 13.1 Å². The molecule has 4 heteroatoms. The lowest BCUT2D eigenvalue weighted by molar-refractivity contribution is 0.101. The number of hydrogen-bond donors (Lipinski definition) is 1. The molecule has 1 N–H and O–H groups in total. The third-order valence-corrected chi connectivity index (χ3v) is 2.37. The van der Waals surface area contributed by atoms with Crippen LogP contribution in [0.25, 0.3) is 0 Å². The van der Waals surface area contributed by atoms with Crippen LogP contribution in [0.3, 0.4) is 0 Å². The summed E-state index contributed by atoms with van der Waals surface area (Å²) in [5.74, 6) is -0.789. The van der Waals surface area contributed by atoms with Gasteiger partial charge >= 0.3 is 0 Å². The van der Waals surface area contributed by atoms with Gasteiger partial charge < -0.3 is 5.32 Å². The van der Waals surface area contributed by atoms with Crippen LogP contribution in [0.15, 0.2) is 16.6 Å². The molecular weight excluding hydrogens is 261 g/mol. The third kappa shape index (κ3) is 3.30. The van der Waals surface area contributed by atoms with Gasteiger partial charge in [0.05, 0.1) is 11.3 Å². The lowest BCUT2D eigenvalue weighted by atomic mass is 10.1. The molecule has 0 radical (unpaired) electrons. The van der Waals surface area contributed by atoms with E-state index in [0.29, 0.717) is 10.2 Å². The Morgan fingerprint density at radius 1 is 1.40 bits per heavy atom. The molecule has 0 amide bonds. The van der Waals surface area contributed by atoms with E-state index >= 15 is 0 Å². The van der Waals surface area contributed by atoms with Crippen LogP contribution in [0.2, 0.25) is 0 Å². The maximum atomic E-state index is 13.2. The first-order valence-electron chi connectivity index (χ1n) is 4.74. The van der Waals surface area contributed by atoms with Crippen molar-refractivity contribution in [2.24, 2.45) is 0 Å². The van der Waals surface area contributed by atoms with Crippen LogP contribution >= 0.6 is 15.9 Å². The van der Waals surface area contributed by atoms with Crippen molar-refractivity contribution in [2.45, 2.75) is 20.8 Å². The zero-order valence-electron chi connectivity index (χ0n) is 9.32. The fraction of sp³-hybridized carbons (Fsp3) is 0.364. The fourth-order valence-corrected chi connectivity index (χ4v) is 1.67. The molecule has 0 heterocycles. The van der Waals surface area contributed by atoms with Gasteiger partial charge in [0.2, 0.25) is 0 Å². The summed E-state index contributed by atoms with van der Waals surface area (Å²) >= 11 is 3.23. The van der Waals surface area contributed by atoms with Gasteiger partial charge in [0, 0.05) is 11.5 Å². The van der Waals surface area contributed by atoms with Crippen molar-refractivity contribution in [1.29, 1.82) is 0 Å². The fourth-order valence-electron chi connectivity index (χ4n) is 1.14. The molecule has 0 atom stereocenters. The highest BCUT2D eigenvalue weighted by Gasteiger charge is 2.14. The largest absolute Gasteiger partial charge is 0.387 e. The lowest BCUT2D eigenvalue weighted by Gasteiger charge is -2.09. The van der Waals surface area contributed by atoms with Crippen molar-refractivity contribution in [2.75, 3.05) is 12.4 Å². The van der Waals surface area contributed by atoms with E-state index in [1.807, 2.05) is 13.8 Å². The average Bonchev–Trinajstić information content (AvgIpc) is 2.23. The minimum atomic E-state index is -0.500. The second-order valence-electron chi connectivity index (χ2n) is 2.59. The number of halogens is 2. The second kappa shape index (κ2) is 6.56. The molecular formula is C11H15BrFNO. The number of benzene rings is 1. The SMILES string of the molecule is CC.CNc1c(Br)ccc(F)c1C(C)=O. The Morgan fingerprint density at radius 2 is 1.93 bits per heavy atom. The highest BCUT2D eigenvalue weighted by molar-refractivity contribution is 9.10. The van der Waals surface area contributed by atoms with E-state index < -0.39 is 5.82 Å². The average molecular weight is 276 g/mol. The predicted molar refractivity (Wildman–Crippen MR) is 65.0 cm³/mol. The zero-order chi connectivity index (χ0) is 12.0. The molecule has 0 spiro atoms. The van der Waals surface area contributed by atoms with Gasteiger partial charge in [0.15, 0.2) is 5.78 Å². The molecule has 1 aromatic carbocycles. The molecule has 0 saturated carbocycles. The van der Waals surface area contributed by atoms with Crippen molar-refractivity contribution >= 4 is 27.4 Å². The molecule has 0 fully saturated rings. The Morgan fingerprint density at radius 3 is 2.27 bits per heavy atom. The van der Waals surface area contributed by atoms with Crippen LogP contribution in [0.1, 0.15) is 31.1 Å². The molecule has 0 aromatic heterocycles. The maximum Gasteiger partial charge on any atom is 0.164 e. The van der Waals surface area contributed by atoms with Crippen LogP contribution in [-0.4, -0.2) is 12.8 Å². The van der Waals surface area contributed by atoms with E-state index in [0.717, 1.165) is 0 Å². The summed E-state index contributed by atoms with van der Waals surface area (Å²) < 4.78 is 13.9. The van der Waals surface area contributed by atoms with Crippen molar-refractivity contribution in [3.05, 3.63) is 28.0 Å². The second-order valence-corrected chi connectivity index (χ2v) is 3.44. The van der Waals surface area contributed by atoms with Gasteiger partial charge in [-0.2, -0.15) is 0 Å². The Balaban J connectivity index is 0.000000921. The van der Waals surface area contributed by atoms with Gasteiger partial charge in [-0.15, -0.1) is 0 Å². The number of nitrogens with one attached hydrogen (secondary N) is 1. The minimum Gasteiger partial charge on any atom is -0.387 e. The Bertz CT molecular complexity index is 353. The number of ketones is 1. The van der Waals surface area contributed by atoms with Gasteiger partial charge in [-0.05, 0) is 35.0 Å². The van der Waals surface area contributed by atoms with Gasteiger partial charge in [0.1, 0.15) is 5.82 Å². The quantitative estimate of drug-likeness (QED) is 0.831. The van der Waals surface area contributed by atoms with Crippen molar-refractivity contribution in [1.82, 2.24) is 0 Å². The summed E-state index contributed by atoms with van der Waals surface area (Å²) in [7, 11) is 1.64. The number of Topliss-reactive ketones (excluding diaryl/α,β-unsaturated/α-hetero) is 1. The monoisotopic (exact) mass is 275 g/mol. The summed E-state index contributed by atoms with van der Waals surface area (Å²) in [6.45, 7) is 5.34. The molecule has 0 aliphatic heterocycles. The van der Waals surface area contributed by atoms with Crippen molar-refractivity contribution in [3.63, 3.8) is 0 Å². The highest BCUT2D eigenvalue weighted by Crippen LogP contribution is 2.28. The smallest absolute Gasteiger partial charge is 0.164 e. The number of rotatable bonds is 2. The van der Waals surface area contributed by atoms with E-state index in [2.05, 4.69) is 21.2 Å². The summed E-state index contributed by atoms with van der Waals surface area (Å²) in [5, 5.41) is 2.78. The number of carbonyl (C=O) groups excluding carboxylic acids is 1. The van der Waals surface area contributed by atoms with Crippen LogP contribution in [0, 0.1) is 5.82 Å². The van der Waals surface area contributed by atoms with Gasteiger partial charge in [-0.25, -0.2) is 4.39 Å². The Kier molecular flexibility index (Phi) is 6.17. The van der Waals surface area contributed by atoms with Crippen molar-refractivity contribution in [3.8, 4) is 0 Å². The molecule has 1 aromatic rings. The van der Waals surface area contributed by atoms with Gasteiger partial charge in [-0.1, -0.05) is 13.8 Å². The third-order valence-electron chi connectivity index (χ3n) is 1.71.